The average molecular weight is 313 g/mol. The van der Waals surface area contributed by atoms with Gasteiger partial charge in [-0.25, -0.2) is 8.42 Å². The van der Waals surface area contributed by atoms with Crippen LogP contribution in [-0.2, 0) is 19.6 Å². The second-order valence-electron chi connectivity index (χ2n) is 4.23. The molecule has 1 fully saturated rings. The van der Waals surface area contributed by atoms with Crippen LogP contribution in [0.3, 0.4) is 0 Å². The van der Waals surface area contributed by atoms with Crippen LogP contribution in [-0.4, -0.2) is 38.2 Å². The molecular weight excluding hydrogens is 302 g/mol. The van der Waals surface area contributed by atoms with Gasteiger partial charge in [0.15, 0.2) is 0 Å². The van der Waals surface area contributed by atoms with Crippen molar-refractivity contribution in [2.75, 3.05) is 7.05 Å². The highest BCUT2D eigenvalue weighted by atomic mass is 32.2. The molecule has 2 amide bonds. The summed E-state index contributed by atoms with van der Waals surface area (Å²) in [7, 11) is -2.54. The Bertz CT molecular complexity index is 701. The second-order valence-corrected chi connectivity index (χ2v) is 7.26. The van der Waals surface area contributed by atoms with Crippen LogP contribution in [0.5, 0.6) is 0 Å². The number of carbonyl (C=O) groups is 2. The average Bonchev–Trinajstić information content (AvgIpc) is 2.89. The minimum Gasteiger partial charge on any atom is -0.284 e. The molecular formula is C11H11N3O4S2. The molecule has 1 atom stereocenters. The Morgan fingerprint density at radius 3 is 2.75 bits per heavy atom. The molecule has 1 aliphatic heterocycles. The first-order valence-electron chi connectivity index (χ1n) is 5.68. The summed E-state index contributed by atoms with van der Waals surface area (Å²) in [4.78, 5) is 24.4. The smallest absolute Gasteiger partial charge is 0.250 e. The zero-order valence-corrected chi connectivity index (χ0v) is 12.1. The fraction of sp³-hybridized carbons (Fsp3) is 0.364. The molecule has 20 heavy (non-hydrogen) atoms. The monoisotopic (exact) mass is 313 g/mol. The van der Waals surface area contributed by atoms with Gasteiger partial charge in [-0.05, 0) is 18.6 Å². The topological polar surface area (TPSA) is 107 Å². The quantitative estimate of drug-likeness (QED) is 0.793. The molecule has 0 spiro atoms. The largest absolute Gasteiger partial charge is 0.284 e. The number of imide groups is 1. The van der Waals surface area contributed by atoms with Gasteiger partial charge in [0.05, 0.1) is 0 Å². The summed E-state index contributed by atoms with van der Waals surface area (Å²) in [5.74, 6) is -0.893. The first-order chi connectivity index (χ1) is 9.35. The highest BCUT2D eigenvalue weighted by Gasteiger charge is 2.35. The lowest BCUT2D eigenvalue weighted by atomic mass is 10.1. The van der Waals surface area contributed by atoms with Crippen molar-refractivity contribution in [3.8, 4) is 6.07 Å². The molecule has 106 valence electrons. The number of piperidine rings is 1. The number of thiophene rings is 1. The maximum absolute atomic E-state index is 12.1. The minimum atomic E-state index is -3.86. The van der Waals surface area contributed by atoms with Crippen molar-refractivity contribution >= 4 is 33.2 Å². The molecule has 9 heteroatoms. The van der Waals surface area contributed by atoms with Crippen molar-refractivity contribution in [2.45, 2.75) is 23.1 Å². The standard InChI is InChI=1S/C11H11N3O4S2/c1-14-9(15)4-3-8(11(14)16)13-20(17,18)10-5-2-7(6-12)19-10/h2,5,8,13H,3-4H2,1H3. The van der Waals surface area contributed by atoms with Gasteiger partial charge in [0.2, 0.25) is 11.8 Å². The summed E-state index contributed by atoms with van der Waals surface area (Å²) < 4.78 is 26.4. The highest BCUT2D eigenvalue weighted by Crippen LogP contribution is 2.22. The van der Waals surface area contributed by atoms with Crippen LogP contribution < -0.4 is 4.72 Å². The molecule has 1 aromatic heterocycles. The van der Waals surface area contributed by atoms with Gasteiger partial charge in [-0.2, -0.15) is 9.98 Å². The number of hydrogen-bond acceptors (Lipinski definition) is 6. The fourth-order valence-corrected chi connectivity index (χ4v) is 4.14. The molecule has 1 N–H and O–H groups in total. The molecule has 2 heterocycles. The van der Waals surface area contributed by atoms with E-state index in [2.05, 4.69) is 4.72 Å². The Kier molecular flexibility index (Phi) is 3.89. The van der Waals surface area contributed by atoms with E-state index in [1.807, 2.05) is 6.07 Å². The van der Waals surface area contributed by atoms with E-state index < -0.39 is 22.0 Å². The van der Waals surface area contributed by atoms with Gasteiger partial charge >= 0.3 is 0 Å². The van der Waals surface area contributed by atoms with E-state index in [0.717, 1.165) is 16.2 Å². The fourth-order valence-electron chi connectivity index (χ4n) is 1.80. The number of nitriles is 1. The molecule has 0 aliphatic carbocycles. The molecule has 1 aliphatic rings. The first-order valence-corrected chi connectivity index (χ1v) is 7.98. The van der Waals surface area contributed by atoms with Gasteiger partial charge in [0.25, 0.3) is 10.0 Å². The predicted octanol–water partition coefficient (Wildman–Crippen LogP) is 0.0455. The molecule has 0 bridgehead atoms. The van der Waals surface area contributed by atoms with Crippen molar-refractivity contribution in [1.29, 1.82) is 5.26 Å². The third-order valence-electron chi connectivity index (χ3n) is 2.90. The SMILES string of the molecule is CN1C(=O)CCC(NS(=O)(=O)c2ccc(C#N)s2)C1=O. The van der Waals surface area contributed by atoms with Crippen molar-refractivity contribution in [3.05, 3.63) is 17.0 Å². The summed E-state index contributed by atoms with van der Waals surface area (Å²) in [6, 6.07) is 3.62. The number of hydrogen-bond donors (Lipinski definition) is 1. The summed E-state index contributed by atoms with van der Waals surface area (Å²) in [5.41, 5.74) is 0. The van der Waals surface area contributed by atoms with Crippen LogP contribution in [0.15, 0.2) is 16.3 Å². The summed E-state index contributed by atoms with van der Waals surface area (Å²) in [6.45, 7) is 0. The number of sulfonamides is 1. The maximum Gasteiger partial charge on any atom is 0.250 e. The molecule has 1 aromatic rings. The van der Waals surface area contributed by atoms with Gasteiger partial charge in [-0.15, -0.1) is 11.3 Å². The summed E-state index contributed by atoms with van der Waals surface area (Å²) in [6.07, 6.45) is 0.251. The lowest BCUT2D eigenvalue weighted by Crippen LogP contribution is -2.52. The Labute approximate surface area is 119 Å². The van der Waals surface area contributed by atoms with E-state index in [-0.39, 0.29) is 27.8 Å². The third kappa shape index (κ3) is 2.72. The van der Waals surface area contributed by atoms with Gasteiger partial charge in [-0.3, -0.25) is 14.5 Å². The molecule has 2 rings (SSSR count). The van der Waals surface area contributed by atoms with Crippen molar-refractivity contribution in [1.82, 2.24) is 9.62 Å². The van der Waals surface area contributed by atoms with E-state index >= 15 is 0 Å². The van der Waals surface area contributed by atoms with Crippen LogP contribution in [0.1, 0.15) is 17.7 Å². The van der Waals surface area contributed by atoms with Crippen LogP contribution in [0.4, 0.5) is 0 Å². The number of amides is 2. The molecule has 0 saturated carbocycles. The number of nitrogens with one attached hydrogen (secondary N) is 1. The van der Waals surface area contributed by atoms with Crippen molar-refractivity contribution in [2.24, 2.45) is 0 Å². The molecule has 1 unspecified atom stereocenters. The molecule has 0 radical (unpaired) electrons. The predicted molar refractivity (Wildman–Crippen MR) is 70.2 cm³/mol. The van der Waals surface area contributed by atoms with E-state index in [1.54, 1.807) is 0 Å². The lowest BCUT2D eigenvalue weighted by molar-refractivity contribution is -0.147. The van der Waals surface area contributed by atoms with E-state index in [1.165, 1.54) is 19.2 Å². The summed E-state index contributed by atoms with van der Waals surface area (Å²) >= 11 is 0.828. The third-order valence-corrected chi connectivity index (χ3v) is 5.86. The van der Waals surface area contributed by atoms with Gasteiger partial charge in [0.1, 0.15) is 21.2 Å². The molecule has 0 aromatic carbocycles. The van der Waals surface area contributed by atoms with Crippen molar-refractivity contribution in [3.63, 3.8) is 0 Å². The number of likely N-dealkylation sites (N-methyl/N-ethyl adjacent to an activating group) is 1. The second kappa shape index (κ2) is 5.32. The highest BCUT2D eigenvalue weighted by molar-refractivity contribution is 7.91. The number of rotatable bonds is 3. The van der Waals surface area contributed by atoms with Gasteiger partial charge < -0.3 is 0 Å². The molecule has 7 nitrogen and oxygen atoms in total. The van der Waals surface area contributed by atoms with E-state index in [9.17, 15) is 18.0 Å². The number of carbonyl (C=O) groups excluding carboxylic acids is 2. The van der Waals surface area contributed by atoms with Crippen LogP contribution >= 0.6 is 11.3 Å². The van der Waals surface area contributed by atoms with Crippen LogP contribution in [0, 0.1) is 11.3 Å². The van der Waals surface area contributed by atoms with E-state index in [4.69, 9.17) is 5.26 Å². The number of nitrogens with zero attached hydrogens (tertiary/aromatic N) is 2. The Morgan fingerprint density at radius 2 is 2.15 bits per heavy atom. The zero-order valence-electron chi connectivity index (χ0n) is 10.5. The number of likely N-dealkylation sites (tertiary alicyclic amines) is 1. The zero-order chi connectivity index (χ0) is 14.9. The van der Waals surface area contributed by atoms with E-state index in [0.29, 0.717) is 0 Å². The van der Waals surface area contributed by atoms with Gasteiger partial charge in [0, 0.05) is 13.5 Å². The van der Waals surface area contributed by atoms with Gasteiger partial charge in [-0.1, -0.05) is 0 Å². The Balaban J connectivity index is 2.19. The first kappa shape index (κ1) is 14.6. The summed E-state index contributed by atoms with van der Waals surface area (Å²) in [5, 5.41) is 8.69. The Morgan fingerprint density at radius 1 is 1.45 bits per heavy atom. The Hall–Kier alpha value is -1.76. The van der Waals surface area contributed by atoms with Crippen LogP contribution in [0.25, 0.3) is 0 Å². The van der Waals surface area contributed by atoms with Crippen LogP contribution in [0.2, 0.25) is 0 Å². The maximum atomic E-state index is 12.1. The molecule has 1 saturated heterocycles. The normalized spacial score (nSPS) is 20.0. The lowest BCUT2D eigenvalue weighted by Gasteiger charge is -2.27. The van der Waals surface area contributed by atoms with Crippen molar-refractivity contribution < 1.29 is 18.0 Å². The minimum absolute atomic E-state index is 0.0265.